The minimum absolute atomic E-state index is 0.117. The average molecular weight is 314 g/mol. The molecule has 0 spiro atoms. The maximum Gasteiger partial charge on any atom is 0.254 e. The number of anilines is 1. The van der Waals surface area contributed by atoms with Gasteiger partial charge in [0, 0.05) is 32.9 Å². The lowest BCUT2D eigenvalue weighted by atomic mass is 10.1. The predicted octanol–water partition coefficient (Wildman–Crippen LogP) is 2.21. The van der Waals surface area contributed by atoms with Crippen LogP contribution in [-0.2, 0) is 4.74 Å². The highest BCUT2D eigenvalue weighted by Gasteiger charge is 2.14. The third kappa shape index (κ3) is 5.53. The van der Waals surface area contributed by atoms with Crippen molar-refractivity contribution in [2.24, 2.45) is 5.73 Å². The van der Waals surface area contributed by atoms with Gasteiger partial charge in [-0.15, -0.1) is 0 Å². The van der Waals surface area contributed by atoms with Gasteiger partial charge in [-0.05, 0) is 37.6 Å². The van der Waals surface area contributed by atoms with Gasteiger partial charge in [-0.3, -0.25) is 4.79 Å². The summed E-state index contributed by atoms with van der Waals surface area (Å²) in [5.41, 5.74) is 6.89. The zero-order valence-corrected chi connectivity index (χ0v) is 13.6. The van der Waals surface area contributed by atoms with E-state index in [0.717, 1.165) is 18.5 Å². The van der Waals surface area contributed by atoms with E-state index in [1.54, 1.807) is 33.3 Å². The van der Waals surface area contributed by atoms with Crippen molar-refractivity contribution in [3.8, 4) is 0 Å². The molecule has 0 fully saturated rings. The van der Waals surface area contributed by atoms with Crippen molar-refractivity contribution in [2.45, 2.75) is 18.9 Å². The second-order valence-corrected chi connectivity index (χ2v) is 5.53. The second kappa shape index (κ2) is 8.87. The molecule has 0 saturated carbocycles. The monoisotopic (exact) mass is 313 g/mol. The Balaban J connectivity index is 2.87. The Morgan fingerprint density at radius 2 is 2.19 bits per heavy atom. The first kappa shape index (κ1) is 17.8. The second-order valence-electron chi connectivity index (χ2n) is 5.12. The highest BCUT2D eigenvalue weighted by Crippen LogP contribution is 2.22. The summed E-state index contributed by atoms with van der Waals surface area (Å²) in [4.78, 5) is 13.6. The molecule has 6 heteroatoms. The van der Waals surface area contributed by atoms with Gasteiger partial charge in [0.2, 0.25) is 0 Å². The van der Waals surface area contributed by atoms with Crippen molar-refractivity contribution >= 4 is 23.2 Å². The minimum Gasteiger partial charge on any atom is -0.383 e. The van der Waals surface area contributed by atoms with E-state index in [9.17, 15) is 4.79 Å². The Kier molecular flexibility index (Phi) is 7.50. The number of hydrogen-bond acceptors (Lipinski definition) is 4. The van der Waals surface area contributed by atoms with E-state index in [2.05, 4.69) is 5.32 Å². The zero-order valence-electron chi connectivity index (χ0n) is 12.9. The SMILES string of the molecule is COCC(CCCN)Nc1ccc(Cl)c(C(=O)N(C)C)c1. The number of methoxy groups -OCH3 is 1. The molecule has 0 bridgehead atoms. The molecule has 118 valence electrons. The molecule has 1 rings (SSSR count). The van der Waals surface area contributed by atoms with Gasteiger partial charge < -0.3 is 20.7 Å². The van der Waals surface area contributed by atoms with Crippen LogP contribution in [0.3, 0.4) is 0 Å². The number of rotatable bonds is 8. The van der Waals surface area contributed by atoms with Gasteiger partial charge in [0.05, 0.1) is 17.2 Å². The maximum atomic E-state index is 12.1. The van der Waals surface area contributed by atoms with Crippen molar-refractivity contribution in [1.29, 1.82) is 0 Å². The Labute approximate surface area is 131 Å². The fraction of sp³-hybridized carbons (Fsp3) is 0.533. The Morgan fingerprint density at radius 1 is 1.48 bits per heavy atom. The van der Waals surface area contributed by atoms with Crippen LogP contribution in [0.4, 0.5) is 5.69 Å². The number of amides is 1. The molecule has 3 N–H and O–H groups in total. The van der Waals surface area contributed by atoms with Crippen LogP contribution in [0.5, 0.6) is 0 Å². The van der Waals surface area contributed by atoms with Gasteiger partial charge in [0.15, 0.2) is 0 Å². The van der Waals surface area contributed by atoms with Gasteiger partial charge in [0.1, 0.15) is 0 Å². The average Bonchev–Trinajstić information content (AvgIpc) is 2.46. The van der Waals surface area contributed by atoms with Crippen molar-refractivity contribution < 1.29 is 9.53 Å². The van der Waals surface area contributed by atoms with Crippen molar-refractivity contribution in [3.05, 3.63) is 28.8 Å². The van der Waals surface area contributed by atoms with Crippen molar-refractivity contribution in [3.63, 3.8) is 0 Å². The third-order valence-corrected chi connectivity index (χ3v) is 3.43. The molecule has 0 aliphatic heterocycles. The van der Waals surface area contributed by atoms with Crippen molar-refractivity contribution in [2.75, 3.05) is 39.7 Å². The topological polar surface area (TPSA) is 67.6 Å². The molecule has 1 aromatic rings. The molecule has 0 heterocycles. The van der Waals surface area contributed by atoms with Crippen LogP contribution in [0.15, 0.2) is 18.2 Å². The van der Waals surface area contributed by atoms with Crippen LogP contribution < -0.4 is 11.1 Å². The summed E-state index contributed by atoms with van der Waals surface area (Å²) < 4.78 is 5.21. The number of ether oxygens (including phenoxy) is 1. The van der Waals surface area contributed by atoms with E-state index in [-0.39, 0.29) is 11.9 Å². The molecule has 1 amide bonds. The number of nitrogens with zero attached hydrogens (tertiary/aromatic N) is 1. The summed E-state index contributed by atoms with van der Waals surface area (Å²) in [6, 6.07) is 5.52. The summed E-state index contributed by atoms with van der Waals surface area (Å²) in [6.07, 6.45) is 1.82. The molecule has 1 aromatic carbocycles. The van der Waals surface area contributed by atoms with Crippen LogP contribution in [0, 0.1) is 0 Å². The highest BCUT2D eigenvalue weighted by atomic mass is 35.5. The quantitative estimate of drug-likeness (QED) is 0.772. The molecule has 0 aromatic heterocycles. The Hall–Kier alpha value is -1.30. The van der Waals surface area contributed by atoms with Gasteiger partial charge in [0.25, 0.3) is 5.91 Å². The number of halogens is 1. The first-order valence-corrected chi connectivity index (χ1v) is 7.34. The number of nitrogens with one attached hydrogen (secondary N) is 1. The molecular formula is C15H24ClN3O2. The van der Waals surface area contributed by atoms with Gasteiger partial charge >= 0.3 is 0 Å². The third-order valence-electron chi connectivity index (χ3n) is 3.10. The molecule has 0 aliphatic carbocycles. The van der Waals surface area contributed by atoms with E-state index in [4.69, 9.17) is 22.1 Å². The predicted molar refractivity (Wildman–Crippen MR) is 87.0 cm³/mol. The van der Waals surface area contributed by atoms with E-state index in [0.29, 0.717) is 23.7 Å². The van der Waals surface area contributed by atoms with Gasteiger partial charge in [-0.1, -0.05) is 11.6 Å². The van der Waals surface area contributed by atoms with Crippen LogP contribution >= 0.6 is 11.6 Å². The van der Waals surface area contributed by atoms with Crippen molar-refractivity contribution in [1.82, 2.24) is 4.90 Å². The molecule has 1 atom stereocenters. The fourth-order valence-corrected chi connectivity index (χ4v) is 2.22. The molecule has 1 unspecified atom stereocenters. The Morgan fingerprint density at radius 3 is 2.76 bits per heavy atom. The fourth-order valence-electron chi connectivity index (χ4n) is 2.02. The number of benzene rings is 1. The lowest BCUT2D eigenvalue weighted by Crippen LogP contribution is -2.26. The lowest BCUT2D eigenvalue weighted by Gasteiger charge is -2.20. The highest BCUT2D eigenvalue weighted by molar-refractivity contribution is 6.34. The van der Waals surface area contributed by atoms with Crippen LogP contribution in [-0.4, -0.2) is 51.2 Å². The smallest absolute Gasteiger partial charge is 0.254 e. The van der Waals surface area contributed by atoms with E-state index in [1.807, 2.05) is 6.07 Å². The van der Waals surface area contributed by atoms with Crippen LogP contribution in [0.1, 0.15) is 23.2 Å². The van der Waals surface area contributed by atoms with E-state index < -0.39 is 0 Å². The minimum atomic E-state index is -0.117. The van der Waals surface area contributed by atoms with Gasteiger partial charge in [-0.2, -0.15) is 0 Å². The molecule has 21 heavy (non-hydrogen) atoms. The summed E-state index contributed by atoms with van der Waals surface area (Å²) in [7, 11) is 5.07. The molecule has 5 nitrogen and oxygen atoms in total. The molecule has 0 saturated heterocycles. The Bertz CT molecular complexity index is 466. The lowest BCUT2D eigenvalue weighted by molar-refractivity contribution is 0.0828. The number of carbonyl (C=O) groups is 1. The summed E-state index contributed by atoms with van der Waals surface area (Å²) >= 11 is 6.10. The number of nitrogens with two attached hydrogens (primary N) is 1. The molecular weight excluding hydrogens is 290 g/mol. The number of hydrogen-bond donors (Lipinski definition) is 2. The summed E-state index contributed by atoms with van der Waals surface area (Å²) in [5, 5.41) is 3.81. The van der Waals surface area contributed by atoms with Gasteiger partial charge in [-0.25, -0.2) is 0 Å². The molecule has 0 aliphatic rings. The zero-order chi connectivity index (χ0) is 15.8. The standard InChI is InChI=1S/C15H24ClN3O2/c1-19(2)15(20)13-9-11(6-7-14(13)16)18-12(10-21-3)5-4-8-17/h6-7,9,12,18H,4-5,8,10,17H2,1-3H3. The van der Waals surface area contributed by atoms with E-state index in [1.165, 1.54) is 4.90 Å². The first-order chi connectivity index (χ1) is 9.99. The normalized spacial score (nSPS) is 12.0. The van der Waals surface area contributed by atoms with E-state index >= 15 is 0 Å². The first-order valence-electron chi connectivity index (χ1n) is 6.96. The molecule has 0 radical (unpaired) electrons. The summed E-state index contributed by atoms with van der Waals surface area (Å²) in [5.74, 6) is -0.117. The largest absolute Gasteiger partial charge is 0.383 e. The maximum absolute atomic E-state index is 12.1. The number of carbonyl (C=O) groups excluding carboxylic acids is 1. The summed E-state index contributed by atoms with van der Waals surface area (Å²) in [6.45, 7) is 1.23. The van der Waals surface area contributed by atoms with Crippen LogP contribution in [0.2, 0.25) is 5.02 Å². The van der Waals surface area contributed by atoms with Crippen LogP contribution in [0.25, 0.3) is 0 Å².